The molecule has 1 amide bonds. The second kappa shape index (κ2) is 6.10. The number of anilines is 1. The van der Waals surface area contributed by atoms with Gasteiger partial charge in [0.2, 0.25) is 10.1 Å². The number of nitrogens with zero attached hydrogens (tertiary/aromatic N) is 3. The minimum absolute atomic E-state index is 0.121. The maximum Gasteiger partial charge on any atom is 0.282 e. The number of hydrogen-bond acceptors (Lipinski definition) is 6. The minimum Gasteiger partial charge on any atom is -0.363 e. The van der Waals surface area contributed by atoms with Gasteiger partial charge >= 0.3 is 0 Å². The highest BCUT2D eigenvalue weighted by Crippen LogP contribution is 2.16. The predicted molar refractivity (Wildman–Crippen MR) is 72.0 cm³/mol. The zero-order chi connectivity index (χ0) is 13.0. The third kappa shape index (κ3) is 3.17. The van der Waals surface area contributed by atoms with E-state index in [9.17, 15) is 4.79 Å². The summed E-state index contributed by atoms with van der Waals surface area (Å²) in [6.45, 7) is 6.20. The van der Waals surface area contributed by atoms with Crippen molar-refractivity contribution in [1.29, 1.82) is 0 Å². The van der Waals surface area contributed by atoms with E-state index in [0.717, 1.165) is 32.6 Å². The molecule has 1 atom stereocenters. The Labute approximate surface area is 111 Å². The molecule has 18 heavy (non-hydrogen) atoms. The van der Waals surface area contributed by atoms with Crippen molar-refractivity contribution in [3.8, 4) is 0 Å². The summed E-state index contributed by atoms with van der Waals surface area (Å²) in [5.41, 5.74) is 0. The largest absolute Gasteiger partial charge is 0.363 e. The molecule has 1 saturated heterocycles. The monoisotopic (exact) mass is 269 g/mol. The molecule has 1 aliphatic heterocycles. The molecular weight excluding hydrogens is 250 g/mol. The molecule has 0 spiro atoms. The van der Waals surface area contributed by atoms with E-state index in [1.807, 2.05) is 0 Å². The van der Waals surface area contributed by atoms with E-state index in [0.29, 0.717) is 16.1 Å². The second-order valence-electron chi connectivity index (χ2n) is 4.42. The Morgan fingerprint density at radius 1 is 1.56 bits per heavy atom. The fraction of sp³-hybridized carbons (Fsp3) is 0.727. The summed E-state index contributed by atoms with van der Waals surface area (Å²) in [4.78, 5) is 14.2. The van der Waals surface area contributed by atoms with E-state index in [2.05, 4.69) is 32.7 Å². The summed E-state index contributed by atoms with van der Waals surface area (Å²) in [6.07, 6.45) is 1.16. The lowest BCUT2D eigenvalue weighted by Crippen LogP contribution is -2.30. The zero-order valence-corrected chi connectivity index (χ0v) is 11.6. The molecule has 1 unspecified atom stereocenters. The molecule has 0 bridgehead atoms. The van der Waals surface area contributed by atoms with Gasteiger partial charge in [0.25, 0.3) is 5.91 Å². The lowest BCUT2D eigenvalue weighted by Gasteiger charge is -2.13. The molecule has 100 valence electrons. The molecule has 0 saturated carbocycles. The first-order valence-electron chi connectivity index (χ1n) is 6.24. The Kier molecular flexibility index (Phi) is 4.48. The van der Waals surface area contributed by atoms with Crippen molar-refractivity contribution in [2.24, 2.45) is 5.92 Å². The third-order valence-corrected chi connectivity index (χ3v) is 4.14. The van der Waals surface area contributed by atoms with Gasteiger partial charge in [0, 0.05) is 20.1 Å². The highest BCUT2D eigenvalue weighted by Gasteiger charge is 2.22. The minimum atomic E-state index is -0.121. The van der Waals surface area contributed by atoms with Crippen molar-refractivity contribution in [2.45, 2.75) is 13.3 Å². The third-order valence-electron chi connectivity index (χ3n) is 3.20. The number of rotatable bonds is 5. The number of nitrogens with one attached hydrogen (secondary N) is 2. The molecular formula is C11H19N5OS. The fourth-order valence-electron chi connectivity index (χ4n) is 2.10. The van der Waals surface area contributed by atoms with E-state index >= 15 is 0 Å². The molecule has 1 fully saturated rings. The fourth-order valence-corrected chi connectivity index (χ4v) is 2.71. The summed E-state index contributed by atoms with van der Waals surface area (Å²) in [6, 6.07) is 0. The van der Waals surface area contributed by atoms with E-state index in [1.54, 1.807) is 7.05 Å². The van der Waals surface area contributed by atoms with Crippen molar-refractivity contribution >= 4 is 22.4 Å². The second-order valence-corrected chi connectivity index (χ2v) is 5.40. The molecule has 1 aliphatic rings. The number of carbonyl (C=O) groups excluding carboxylic acids is 1. The van der Waals surface area contributed by atoms with Crippen LogP contribution in [-0.2, 0) is 0 Å². The standard InChI is InChI=1S/C11H19N5OS/c1-3-16-5-4-8(7-16)6-13-9(17)10-14-15-11(12-2)18-10/h8H,3-7H2,1-2H3,(H,12,15)(H,13,17). The molecule has 7 heteroatoms. The molecule has 0 aromatic carbocycles. The summed E-state index contributed by atoms with van der Waals surface area (Å²) >= 11 is 1.27. The Morgan fingerprint density at radius 3 is 3.00 bits per heavy atom. The summed E-state index contributed by atoms with van der Waals surface area (Å²) in [5, 5.41) is 14.6. The van der Waals surface area contributed by atoms with Gasteiger partial charge < -0.3 is 15.5 Å². The zero-order valence-electron chi connectivity index (χ0n) is 10.8. The Morgan fingerprint density at radius 2 is 2.39 bits per heavy atom. The van der Waals surface area contributed by atoms with Crippen molar-refractivity contribution in [3.05, 3.63) is 5.01 Å². The van der Waals surface area contributed by atoms with Crippen LogP contribution in [0.3, 0.4) is 0 Å². The lowest BCUT2D eigenvalue weighted by atomic mass is 10.1. The van der Waals surface area contributed by atoms with Gasteiger partial charge in [-0.15, -0.1) is 10.2 Å². The topological polar surface area (TPSA) is 70.2 Å². The molecule has 1 aromatic heterocycles. The number of amides is 1. The molecule has 0 aliphatic carbocycles. The number of likely N-dealkylation sites (tertiary alicyclic amines) is 1. The number of carbonyl (C=O) groups is 1. The SMILES string of the molecule is CCN1CCC(CNC(=O)c2nnc(NC)s2)C1. The first kappa shape index (κ1) is 13.2. The molecule has 6 nitrogen and oxygen atoms in total. The molecule has 2 N–H and O–H groups in total. The summed E-state index contributed by atoms with van der Waals surface area (Å²) < 4.78 is 0. The van der Waals surface area contributed by atoms with Gasteiger partial charge in [0.05, 0.1) is 0 Å². The average molecular weight is 269 g/mol. The Balaban J connectivity index is 1.78. The van der Waals surface area contributed by atoms with Crippen LogP contribution in [0.5, 0.6) is 0 Å². The van der Waals surface area contributed by atoms with Crippen molar-refractivity contribution in [2.75, 3.05) is 38.5 Å². The van der Waals surface area contributed by atoms with Crippen LogP contribution in [0.15, 0.2) is 0 Å². The van der Waals surface area contributed by atoms with Crippen molar-refractivity contribution in [3.63, 3.8) is 0 Å². The van der Waals surface area contributed by atoms with Crippen molar-refractivity contribution < 1.29 is 4.79 Å². The highest BCUT2D eigenvalue weighted by atomic mass is 32.1. The molecule has 1 aromatic rings. The van der Waals surface area contributed by atoms with Crippen LogP contribution in [0.2, 0.25) is 0 Å². The number of aromatic nitrogens is 2. The maximum absolute atomic E-state index is 11.8. The van der Waals surface area contributed by atoms with Gasteiger partial charge in [0.1, 0.15) is 0 Å². The maximum atomic E-state index is 11.8. The van der Waals surface area contributed by atoms with E-state index in [4.69, 9.17) is 0 Å². The van der Waals surface area contributed by atoms with Crippen LogP contribution in [-0.4, -0.2) is 54.2 Å². The molecule has 2 rings (SSSR count). The first-order valence-corrected chi connectivity index (χ1v) is 7.06. The quantitative estimate of drug-likeness (QED) is 0.821. The smallest absolute Gasteiger partial charge is 0.282 e. The Hall–Kier alpha value is -1.21. The first-order chi connectivity index (χ1) is 8.72. The van der Waals surface area contributed by atoms with Crippen LogP contribution in [0.25, 0.3) is 0 Å². The van der Waals surface area contributed by atoms with Gasteiger partial charge in [-0.05, 0) is 25.4 Å². The molecule has 2 heterocycles. The lowest BCUT2D eigenvalue weighted by molar-refractivity contribution is 0.0946. The Bertz CT molecular complexity index is 408. The number of hydrogen-bond donors (Lipinski definition) is 2. The normalized spacial score (nSPS) is 20.0. The van der Waals surface area contributed by atoms with Crippen LogP contribution in [0.1, 0.15) is 23.1 Å². The summed E-state index contributed by atoms with van der Waals surface area (Å²) in [7, 11) is 1.76. The van der Waals surface area contributed by atoms with E-state index in [1.165, 1.54) is 11.3 Å². The van der Waals surface area contributed by atoms with E-state index < -0.39 is 0 Å². The van der Waals surface area contributed by atoms with Crippen LogP contribution >= 0.6 is 11.3 Å². The molecule has 0 radical (unpaired) electrons. The van der Waals surface area contributed by atoms with Gasteiger partial charge in [-0.2, -0.15) is 0 Å². The predicted octanol–water partition coefficient (Wildman–Crippen LogP) is 0.651. The van der Waals surface area contributed by atoms with Gasteiger partial charge in [-0.1, -0.05) is 18.3 Å². The average Bonchev–Trinajstić information content (AvgIpc) is 3.04. The van der Waals surface area contributed by atoms with Gasteiger partial charge in [0.15, 0.2) is 0 Å². The van der Waals surface area contributed by atoms with E-state index in [-0.39, 0.29) is 5.91 Å². The van der Waals surface area contributed by atoms with Crippen LogP contribution < -0.4 is 10.6 Å². The van der Waals surface area contributed by atoms with Crippen molar-refractivity contribution in [1.82, 2.24) is 20.4 Å². The highest BCUT2D eigenvalue weighted by molar-refractivity contribution is 7.17. The van der Waals surface area contributed by atoms with Crippen LogP contribution in [0.4, 0.5) is 5.13 Å². The van der Waals surface area contributed by atoms with Gasteiger partial charge in [-0.3, -0.25) is 4.79 Å². The summed E-state index contributed by atoms with van der Waals surface area (Å²) in [5.74, 6) is 0.439. The van der Waals surface area contributed by atoms with Gasteiger partial charge in [-0.25, -0.2) is 0 Å². The van der Waals surface area contributed by atoms with Crippen LogP contribution in [0, 0.1) is 5.92 Å².